The van der Waals surface area contributed by atoms with Crippen LogP contribution in [0.2, 0.25) is 0 Å². The lowest BCUT2D eigenvalue weighted by atomic mass is 10.0. The summed E-state index contributed by atoms with van der Waals surface area (Å²) < 4.78 is 0. The third-order valence-corrected chi connectivity index (χ3v) is 3.70. The van der Waals surface area contributed by atoms with E-state index in [2.05, 4.69) is 17.1 Å². The molecule has 18 heavy (non-hydrogen) atoms. The predicted octanol–water partition coefficient (Wildman–Crippen LogP) is 2.36. The predicted molar refractivity (Wildman–Crippen MR) is 74.7 cm³/mol. The van der Waals surface area contributed by atoms with Crippen LogP contribution in [0.15, 0.2) is 24.3 Å². The Morgan fingerprint density at radius 3 is 2.67 bits per heavy atom. The number of benzene rings is 1. The average Bonchev–Trinajstić information content (AvgIpc) is 2.40. The molecule has 1 saturated heterocycles. The lowest BCUT2D eigenvalue weighted by Gasteiger charge is -2.32. The van der Waals surface area contributed by atoms with Crippen molar-refractivity contribution < 1.29 is 5.11 Å². The van der Waals surface area contributed by atoms with E-state index in [9.17, 15) is 5.11 Å². The second-order valence-corrected chi connectivity index (χ2v) is 5.13. The van der Waals surface area contributed by atoms with Gasteiger partial charge in [0.25, 0.3) is 0 Å². The highest BCUT2D eigenvalue weighted by Crippen LogP contribution is 2.17. The maximum atomic E-state index is 9.70. The Balaban J connectivity index is 1.74. The first-order chi connectivity index (χ1) is 8.79. The van der Waals surface area contributed by atoms with Gasteiger partial charge in [0.15, 0.2) is 0 Å². The van der Waals surface area contributed by atoms with E-state index in [4.69, 9.17) is 0 Å². The van der Waals surface area contributed by atoms with Crippen molar-refractivity contribution in [2.24, 2.45) is 0 Å². The number of likely N-dealkylation sites (tertiary alicyclic amines) is 1. The molecular weight excluding hydrogens is 224 g/mol. The molecule has 0 aliphatic carbocycles. The van der Waals surface area contributed by atoms with Crippen LogP contribution >= 0.6 is 0 Å². The zero-order chi connectivity index (χ0) is 12.8. The van der Waals surface area contributed by atoms with Crippen LogP contribution in [0, 0.1) is 0 Å². The summed E-state index contributed by atoms with van der Waals surface area (Å²) in [4.78, 5) is 2.54. The fraction of sp³-hybridized carbons (Fsp3) is 0.600. The second-order valence-electron chi connectivity index (χ2n) is 5.13. The minimum absolute atomic E-state index is 0.397. The SMILES string of the molecule is CCCN1CCC(NCc2ccccc2O)CC1. The number of rotatable bonds is 5. The Morgan fingerprint density at radius 2 is 2.00 bits per heavy atom. The van der Waals surface area contributed by atoms with Crippen LogP contribution < -0.4 is 5.32 Å². The number of para-hydroxylation sites is 1. The van der Waals surface area contributed by atoms with E-state index in [0.717, 1.165) is 12.1 Å². The van der Waals surface area contributed by atoms with Crippen molar-refractivity contribution in [1.82, 2.24) is 10.2 Å². The molecule has 0 unspecified atom stereocenters. The van der Waals surface area contributed by atoms with Crippen LogP contribution in [0.4, 0.5) is 0 Å². The van der Waals surface area contributed by atoms with Gasteiger partial charge in [-0.25, -0.2) is 0 Å². The smallest absolute Gasteiger partial charge is 0.120 e. The fourth-order valence-corrected chi connectivity index (χ4v) is 2.59. The Kier molecular flexibility index (Phi) is 5.02. The minimum Gasteiger partial charge on any atom is -0.508 e. The van der Waals surface area contributed by atoms with Crippen molar-refractivity contribution in [2.45, 2.75) is 38.8 Å². The van der Waals surface area contributed by atoms with Crippen molar-refractivity contribution >= 4 is 0 Å². The minimum atomic E-state index is 0.397. The first kappa shape index (κ1) is 13.4. The normalized spacial score (nSPS) is 18.1. The summed E-state index contributed by atoms with van der Waals surface area (Å²) in [6, 6.07) is 8.16. The summed E-state index contributed by atoms with van der Waals surface area (Å²) in [5.41, 5.74) is 0.994. The lowest BCUT2D eigenvalue weighted by molar-refractivity contribution is 0.197. The van der Waals surface area contributed by atoms with Crippen molar-refractivity contribution in [3.63, 3.8) is 0 Å². The molecule has 0 radical (unpaired) electrons. The van der Waals surface area contributed by atoms with Crippen LogP contribution in [0.5, 0.6) is 5.75 Å². The van der Waals surface area contributed by atoms with E-state index in [1.165, 1.54) is 38.9 Å². The van der Waals surface area contributed by atoms with Crippen molar-refractivity contribution in [1.29, 1.82) is 0 Å². The molecule has 100 valence electrons. The van der Waals surface area contributed by atoms with Crippen LogP contribution in [0.25, 0.3) is 0 Å². The molecular formula is C15H24N2O. The molecule has 2 rings (SSSR count). The van der Waals surface area contributed by atoms with Gasteiger partial charge in [-0.3, -0.25) is 0 Å². The van der Waals surface area contributed by atoms with Crippen molar-refractivity contribution in [3.8, 4) is 5.75 Å². The molecule has 3 heteroatoms. The molecule has 0 saturated carbocycles. The van der Waals surface area contributed by atoms with Gasteiger partial charge in [-0.05, 0) is 45.0 Å². The molecule has 0 aromatic heterocycles. The molecule has 1 aromatic carbocycles. The summed E-state index contributed by atoms with van der Waals surface area (Å²) in [5.74, 6) is 0.397. The lowest BCUT2D eigenvalue weighted by Crippen LogP contribution is -2.42. The zero-order valence-corrected chi connectivity index (χ0v) is 11.2. The van der Waals surface area contributed by atoms with Crippen molar-refractivity contribution in [2.75, 3.05) is 19.6 Å². The topological polar surface area (TPSA) is 35.5 Å². The first-order valence-corrected chi connectivity index (χ1v) is 7.02. The third-order valence-electron chi connectivity index (χ3n) is 3.70. The molecule has 0 spiro atoms. The Bertz CT molecular complexity index is 359. The number of nitrogens with one attached hydrogen (secondary N) is 1. The molecule has 1 aliphatic heterocycles. The highest BCUT2D eigenvalue weighted by atomic mass is 16.3. The van der Waals surface area contributed by atoms with Gasteiger partial charge in [0, 0.05) is 18.2 Å². The van der Waals surface area contributed by atoms with E-state index in [0.29, 0.717) is 11.8 Å². The van der Waals surface area contributed by atoms with Gasteiger partial charge < -0.3 is 15.3 Å². The van der Waals surface area contributed by atoms with E-state index in [-0.39, 0.29) is 0 Å². The first-order valence-electron chi connectivity index (χ1n) is 7.02. The monoisotopic (exact) mass is 248 g/mol. The highest BCUT2D eigenvalue weighted by Gasteiger charge is 2.17. The molecule has 1 aromatic rings. The van der Waals surface area contributed by atoms with E-state index >= 15 is 0 Å². The standard InChI is InChI=1S/C15H24N2O/c1-2-9-17-10-7-14(8-11-17)16-12-13-5-3-4-6-15(13)18/h3-6,14,16,18H,2,7-12H2,1H3. The Morgan fingerprint density at radius 1 is 1.28 bits per heavy atom. The van der Waals surface area contributed by atoms with E-state index in [1.807, 2.05) is 18.2 Å². The highest BCUT2D eigenvalue weighted by molar-refractivity contribution is 5.31. The number of piperidine rings is 1. The Hall–Kier alpha value is -1.06. The fourth-order valence-electron chi connectivity index (χ4n) is 2.59. The van der Waals surface area contributed by atoms with Gasteiger partial charge in [0.2, 0.25) is 0 Å². The van der Waals surface area contributed by atoms with Gasteiger partial charge in [-0.2, -0.15) is 0 Å². The van der Waals surface area contributed by atoms with Crippen LogP contribution in [-0.2, 0) is 6.54 Å². The Labute approximate surface area is 110 Å². The molecule has 3 nitrogen and oxygen atoms in total. The maximum absolute atomic E-state index is 9.70. The number of phenolic OH excluding ortho intramolecular Hbond substituents is 1. The number of hydrogen-bond acceptors (Lipinski definition) is 3. The van der Waals surface area contributed by atoms with Gasteiger partial charge >= 0.3 is 0 Å². The summed E-state index contributed by atoms with van der Waals surface area (Å²) >= 11 is 0. The van der Waals surface area contributed by atoms with E-state index in [1.54, 1.807) is 6.07 Å². The maximum Gasteiger partial charge on any atom is 0.120 e. The quantitative estimate of drug-likeness (QED) is 0.839. The van der Waals surface area contributed by atoms with Crippen LogP contribution in [0.1, 0.15) is 31.7 Å². The van der Waals surface area contributed by atoms with Crippen molar-refractivity contribution in [3.05, 3.63) is 29.8 Å². The molecule has 0 atom stereocenters. The summed E-state index contributed by atoms with van der Waals surface area (Å²) in [7, 11) is 0. The third kappa shape index (κ3) is 3.72. The molecule has 0 bridgehead atoms. The summed E-state index contributed by atoms with van der Waals surface area (Å²) in [6.07, 6.45) is 3.68. The van der Waals surface area contributed by atoms with Crippen LogP contribution in [-0.4, -0.2) is 35.7 Å². The zero-order valence-electron chi connectivity index (χ0n) is 11.2. The second kappa shape index (κ2) is 6.76. The molecule has 1 fully saturated rings. The van der Waals surface area contributed by atoms with E-state index < -0.39 is 0 Å². The number of nitrogens with zero attached hydrogens (tertiary/aromatic N) is 1. The van der Waals surface area contributed by atoms with Crippen LogP contribution in [0.3, 0.4) is 0 Å². The molecule has 1 heterocycles. The molecule has 0 amide bonds. The number of aromatic hydroxyl groups is 1. The summed E-state index contributed by atoms with van der Waals surface area (Å²) in [5, 5.41) is 13.3. The van der Waals surface area contributed by atoms with Gasteiger partial charge in [-0.1, -0.05) is 25.1 Å². The molecule has 1 aliphatic rings. The average molecular weight is 248 g/mol. The van der Waals surface area contributed by atoms with Gasteiger partial charge in [0.05, 0.1) is 0 Å². The van der Waals surface area contributed by atoms with Gasteiger partial charge in [0.1, 0.15) is 5.75 Å². The summed E-state index contributed by atoms with van der Waals surface area (Å²) in [6.45, 7) is 6.64. The van der Waals surface area contributed by atoms with Gasteiger partial charge in [-0.15, -0.1) is 0 Å². The number of phenols is 1. The largest absolute Gasteiger partial charge is 0.508 e. The number of hydrogen-bond donors (Lipinski definition) is 2. The molecule has 2 N–H and O–H groups in total.